The molecule has 0 bridgehead atoms. The lowest BCUT2D eigenvalue weighted by atomic mass is 9.77. The van der Waals surface area contributed by atoms with E-state index in [1.807, 2.05) is 24.3 Å². The van der Waals surface area contributed by atoms with Gasteiger partial charge in [-0.3, -0.25) is 0 Å². The van der Waals surface area contributed by atoms with Crippen LogP contribution in [0.4, 0.5) is 4.39 Å². The van der Waals surface area contributed by atoms with Crippen LogP contribution in [0.1, 0.15) is 55.7 Å². The predicted molar refractivity (Wildman–Crippen MR) is 102 cm³/mol. The first-order valence-electron chi connectivity index (χ1n) is 9.45. The molecule has 2 aliphatic rings. The minimum Gasteiger partial charge on any atom is -0.487 e. The van der Waals surface area contributed by atoms with E-state index in [-0.39, 0.29) is 16.5 Å². The summed E-state index contributed by atoms with van der Waals surface area (Å²) in [7, 11) is -3.77. The average Bonchev–Trinajstić information content (AvgIpc) is 2.64. The summed E-state index contributed by atoms with van der Waals surface area (Å²) in [6.07, 6.45) is 5.88. The molecule has 1 saturated carbocycles. The van der Waals surface area contributed by atoms with Crippen LogP contribution < -0.4 is 9.46 Å². The summed E-state index contributed by atoms with van der Waals surface area (Å²) in [6.45, 7) is 1.56. The Morgan fingerprint density at radius 3 is 2.59 bits per heavy atom. The van der Waals surface area contributed by atoms with Gasteiger partial charge in [0.2, 0.25) is 10.0 Å². The van der Waals surface area contributed by atoms with Crippen LogP contribution in [-0.2, 0) is 10.0 Å². The van der Waals surface area contributed by atoms with Gasteiger partial charge in [0.25, 0.3) is 0 Å². The molecule has 0 amide bonds. The maximum absolute atomic E-state index is 13.5. The second kappa shape index (κ2) is 6.91. The van der Waals surface area contributed by atoms with Gasteiger partial charge >= 0.3 is 0 Å². The van der Waals surface area contributed by atoms with Gasteiger partial charge in [-0.2, -0.15) is 0 Å². The number of benzene rings is 2. The van der Waals surface area contributed by atoms with Crippen LogP contribution in [-0.4, -0.2) is 14.0 Å². The van der Waals surface area contributed by atoms with Crippen LogP contribution in [0.2, 0.25) is 0 Å². The zero-order valence-electron chi connectivity index (χ0n) is 15.4. The summed E-state index contributed by atoms with van der Waals surface area (Å²) in [6, 6.07) is 11.2. The van der Waals surface area contributed by atoms with E-state index >= 15 is 0 Å². The molecule has 1 fully saturated rings. The van der Waals surface area contributed by atoms with Crippen LogP contribution in [0.25, 0.3) is 0 Å². The predicted octanol–water partition coefficient (Wildman–Crippen LogP) is 4.64. The van der Waals surface area contributed by atoms with Crippen molar-refractivity contribution in [3.8, 4) is 5.75 Å². The number of hydrogen-bond acceptors (Lipinski definition) is 3. The number of para-hydroxylation sites is 1. The topological polar surface area (TPSA) is 55.4 Å². The van der Waals surface area contributed by atoms with Crippen molar-refractivity contribution in [1.82, 2.24) is 4.72 Å². The summed E-state index contributed by atoms with van der Waals surface area (Å²) in [4.78, 5) is 0.0862. The zero-order valence-corrected chi connectivity index (χ0v) is 16.2. The number of ether oxygens (including phenoxy) is 1. The van der Waals surface area contributed by atoms with Crippen molar-refractivity contribution in [3.05, 3.63) is 59.4 Å². The van der Waals surface area contributed by atoms with Gasteiger partial charge in [-0.05, 0) is 62.4 Å². The highest BCUT2D eigenvalue weighted by Gasteiger charge is 2.42. The van der Waals surface area contributed by atoms with Crippen molar-refractivity contribution in [2.75, 3.05) is 0 Å². The molecule has 2 aromatic rings. The highest BCUT2D eigenvalue weighted by atomic mass is 32.2. The first kappa shape index (κ1) is 18.4. The normalized spacial score (nSPS) is 21.5. The minimum atomic E-state index is -3.77. The number of sulfonamides is 1. The van der Waals surface area contributed by atoms with E-state index in [0.29, 0.717) is 12.0 Å². The van der Waals surface area contributed by atoms with Gasteiger partial charge in [0.15, 0.2) is 0 Å². The average molecular weight is 389 g/mol. The van der Waals surface area contributed by atoms with Gasteiger partial charge in [-0.15, -0.1) is 0 Å². The Kier molecular flexibility index (Phi) is 4.72. The third kappa shape index (κ3) is 3.60. The Morgan fingerprint density at radius 1 is 1.11 bits per heavy atom. The van der Waals surface area contributed by atoms with Crippen LogP contribution >= 0.6 is 0 Å². The fraction of sp³-hybridized carbons (Fsp3) is 0.429. The van der Waals surface area contributed by atoms with Crippen LogP contribution in [0, 0.1) is 12.7 Å². The smallest absolute Gasteiger partial charge is 0.241 e. The summed E-state index contributed by atoms with van der Waals surface area (Å²) in [5, 5.41) is 0. The Morgan fingerprint density at radius 2 is 1.85 bits per heavy atom. The van der Waals surface area contributed by atoms with Gasteiger partial charge in [0.05, 0.1) is 10.9 Å². The van der Waals surface area contributed by atoms with Crippen molar-refractivity contribution >= 4 is 10.0 Å². The minimum absolute atomic E-state index is 0.0862. The third-order valence-electron chi connectivity index (χ3n) is 5.70. The number of rotatable bonds is 3. The number of halogens is 1. The Bertz CT molecular complexity index is 952. The second-order valence-corrected chi connectivity index (χ2v) is 9.39. The van der Waals surface area contributed by atoms with E-state index in [1.165, 1.54) is 24.6 Å². The van der Waals surface area contributed by atoms with Gasteiger partial charge in [-0.25, -0.2) is 17.5 Å². The summed E-state index contributed by atoms with van der Waals surface area (Å²) < 4.78 is 48.7. The maximum Gasteiger partial charge on any atom is 0.241 e. The van der Waals surface area contributed by atoms with E-state index in [2.05, 4.69) is 4.72 Å². The van der Waals surface area contributed by atoms with Crippen molar-refractivity contribution in [3.63, 3.8) is 0 Å². The summed E-state index contributed by atoms with van der Waals surface area (Å²) in [5.41, 5.74) is 0.864. The van der Waals surface area contributed by atoms with Crippen LogP contribution in [0.15, 0.2) is 47.4 Å². The molecule has 1 spiro atoms. The summed E-state index contributed by atoms with van der Waals surface area (Å²) >= 11 is 0. The molecule has 1 heterocycles. The standard InChI is InChI=1S/C21H24FNO3S/c1-15-13-16(9-10-18(15)22)27(24,25)23-19-14-21(11-5-2-6-12-21)26-20-8-4-3-7-17(19)20/h3-4,7-10,13,19,23H,2,5-6,11-12,14H2,1H3. The molecule has 2 aromatic carbocycles. The van der Waals surface area contributed by atoms with Gasteiger partial charge in [-0.1, -0.05) is 24.6 Å². The van der Waals surface area contributed by atoms with Crippen molar-refractivity contribution in [1.29, 1.82) is 0 Å². The fourth-order valence-electron chi connectivity index (χ4n) is 4.27. The Labute approximate surface area is 159 Å². The molecule has 1 unspecified atom stereocenters. The first-order valence-corrected chi connectivity index (χ1v) is 10.9. The summed E-state index contributed by atoms with van der Waals surface area (Å²) in [5.74, 6) is 0.347. The number of hydrogen-bond donors (Lipinski definition) is 1. The SMILES string of the molecule is Cc1cc(S(=O)(=O)NC2CC3(CCCCC3)Oc3ccccc32)ccc1F. The largest absolute Gasteiger partial charge is 0.487 e. The molecule has 27 heavy (non-hydrogen) atoms. The fourth-order valence-corrected chi connectivity index (χ4v) is 5.57. The lowest BCUT2D eigenvalue weighted by Gasteiger charge is -2.44. The number of fused-ring (bicyclic) bond motifs is 1. The monoisotopic (exact) mass is 389 g/mol. The molecule has 1 aliphatic carbocycles. The molecular weight excluding hydrogens is 365 g/mol. The highest BCUT2D eigenvalue weighted by molar-refractivity contribution is 7.89. The third-order valence-corrected chi connectivity index (χ3v) is 7.17. The molecule has 4 rings (SSSR count). The highest BCUT2D eigenvalue weighted by Crippen LogP contribution is 2.46. The number of nitrogens with one attached hydrogen (secondary N) is 1. The van der Waals surface area contributed by atoms with Crippen LogP contribution in [0.5, 0.6) is 5.75 Å². The zero-order chi connectivity index (χ0) is 19.1. The van der Waals surface area contributed by atoms with Gasteiger partial charge < -0.3 is 4.74 Å². The quantitative estimate of drug-likeness (QED) is 0.832. The maximum atomic E-state index is 13.5. The van der Waals surface area contributed by atoms with Crippen molar-refractivity contribution < 1.29 is 17.5 Å². The second-order valence-electron chi connectivity index (χ2n) is 7.67. The lowest BCUT2D eigenvalue weighted by molar-refractivity contribution is 0.0000752. The molecule has 144 valence electrons. The lowest BCUT2D eigenvalue weighted by Crippen LogP contribution is -2.46. The molecule has 0 radical (unpaired) electrons. The molecule has 0 saturated heterocycles. The van der Waals surface area contributed by atoms with Crippen LogP contribution in [0.3, 0.4) is 0 Å². The first-order chi connectivity index (χ1) is 12.9. The van der Waals surface area contributed by atoms with Crippen molar-refractivity contribution in [2.24, 2.45) is 0 Å². The molecule has 0 aromatic heterocycles. The van der Waals surface area contributed by atoms with Gasteiger partial charge in [0, 0.05) is 12.0 Å². The number of aryl methyl sites for hydroxylation is 1. The van der Waals surface area contributed by atoms with E-state index in [0.717, 1.165) is 37.0 Å². The van der Waals surface area contributed by atoms with Gasteiger partial charge in [0.1, 0.15) is 17.2 Å². The molecule has 6 heteroatoms. The van der Waals surface area contributed by atoms with E-state index in [4.69, 9.17) is 4.74 Å². The molecule has 1 N–H and O–H groups in total. The molecule has 1 atom stereocenters. The molecular formula is C21H24FNO3S. The Hall–Kier alpha value is -1.92. The van der Waals surface area contributed by atoms with E-state index in [9.17, 15) is 12.8 Å². The molecule has 1 aliphatic heterocycles. The van der Waals surface area contributed by atoms with E-state index < -0.39 is 15.8 Å². The molecule has 4 nitrogen and oxygen atoms in total. The van der Waals surface area contributed by atoms with Crippen molar-refractivity contribution in [2.45, 2.75) is 62.0 Å². The Balaban J connectivity index is 1.68. The van der Waals surface area contributed by atoms with E-state index in [1.54, 1.807) is 6.92 Å².